The summed E-state index contributed by atoms with van der Waals surface area (Å²) in [6.07, 6.45) is 0. The highest BCUT2D eigenvalue weighted by atomic mass is 32.2. The van der Waals surface area contributed by atoms with E-state index < -0.39 is 32.4 Å². The highest BCUT2D eigenvalue weighted by molar-refractivity contribution is 7.85. The second-order valence-corrected chi connectivity index (χ2v) is 4.46. The smallest absolute Gasteiger partial charge is 0.296 e. The van der Waals surface area contributed by atoms with Crippen LogP contribution in [0.2, 0.25) is 0 Å². The van der Waals surface area contributed by atoms with Crippen LogP contribution in [0.25, 0.3) is 0 Å². The van der Waals surface area contributed by atoms with Crippen molar-refractivity contribution in [2.24, 2.45) is 0 Å². The molecule has 1 rings (SSSR count). The molecule has 9 heteroatoms. The Kier molecular flexibility index (Phi) is 3.76. The first-order valence-corrected chi connectivity index (χ1v) is 5.72. The second-order valence-electron chi connectivity index (χ2n) is 3.04. The Morgan fingerprint density at radius 1 is 1.47 bits per heavy atom. The van der Waals surface area contributed by atoms with E-state index in [1.165, 1.54) is 12.1 Å². The molecule has 0 aliphatic rings. The van der Waals surface area contributed by atoms with Crippen molar-refractivity contribution in [3.8, 4) is 0 Å². The van der Waals surface area contributed by atoms with Gasteiger partial charge < -0.3 is 5.32 Å². The van der Waals surface area contributed by atoms with Gasteiger partial charge in [-0.2, -0.15) is 8.42 Å². The predicted octanol–water partition coefficient (Wildman–Crippen LogP) is 0.148. The minimum Gasteiger partial charge on any atom is -0.320 e. The van der Waals surface area contributed by atoms with E-state index in [0.29, 0.717) is 0 Å². The summed E-state index contributed by atoms with van der Waals surface area (Å²) in [6.45, 7) is -0.921. The first-order chi connectivity index (χ1) is 7.79. The van der Waals surface area contributed by atoms with Gasteiger partial charge in [-0.15, -0.1) is 0 Å². The summed E-state index contributed by atoms with van der Waals surface area (Å²) in [4.78, 5) is 19.8. The van der Waals surface area contributed by atoms with Gasteiger partial charge >= 0.3 is 0 Å². The summed E-state index contributed by atoms with van der Waals surface area (Å²) >= 11 is 0. The number of carbonyl (C=O) groups excluding carboxylic acids is 1. The van der Waals surface area contributed by atoms with E-state index in [9.17, 15) is 23.3 Å². The van der Waals surface area contributed by atoms with Crippen molar-refractivity contribution in [2.75, 3.05) is 11.9 Å². The Balaban J connectivity index is 2.87. The number of hydrogen-bond acceptors (Lipinski definition) is 5. The maximum absolute atomic E-state index is 11.0. The predicted molar refractivity (Wildman–Crippen MR) is 56.7 cm³/mol. The molecule has 0 aromatic heterocycles. The van der Waals surface area contributed by atoms with E-state index in [0.717, 1.165) is 12.1 Å². The van der Waals surface area contributed by atoms with Gasteiger partial charge in [-0.25, -0.2) is 0 Å². The van der Waals surface area contributed by atoms with Crippen molar-refractivity contribution in [3.63, 3.8) is 0 Å². The van der Waals surface area contributed by atoms with Crippen LogP contribution in [-0.2, 0) is 14.9 Å². The van der Waals surface area contributed by atoms with Gasteiger partial charge in [0, 0.05) is 10.6 Å². The zero-order valence-electron chi connectivity index (χ0n) is 8.36. The highest BCUT2D eigenvalue weighted by Crippen LogP contribution is 2.14. The quantitative estimate of drug-likeness (QED) is 0.450. The molecule has 2 N–H and O–H groups in total. The number of benzene rings is 1. The van der Waals surface area contributed by atoms with Gasteiger partial charge in [-0.3, -0.25) is 19.5 Å². The van der Waals surface area contributed by atoms with Crippen LogP contribution < -0.4 is 5.32 Å². The number of carbonyl (C=O) groups is 1. The average Bonchev–Trinajstić information content (AvgIpc) is 2.15. The lowest BCUT2D eigenvalue weighted by atomic mass is 10.3. The Bertz CT molecular complexity index is 553. The molecule has 8 nitrogen and oxygen atoms in total. The van der Waals surface area contributed by atoms with Gasteiger partial charge in [0.2, 0.25) is 0 Å². The molecule has 0 bridgehead atoms. The summed E-state index contributed by atoms with van der Waals surface area (Å²) < 4.78 is 30.3. The minimum absolute atomic E-state index is 0.0481. The zero-order chi connectivity index (χ0) is 13.1. The Morgan fingerprint density at radius 2 is 2.12 bits per heavy atom. The molecule has 17 heavy (non-hydrogen) atoms. The largest absolute Gasteiger partial charge is 0.320 e. The number of nitrogens with zero attached hydrogens (tertiary/aromatic N) is 1. The molecule has 0 aliphatic carbocycles. The van der Waals surface area contributed by atoms with Crippen LogP contribution in [0.5, 0.6) is 0 Å². The number of amides is 1. The molecule has 0 saturated carbocycles. The number of nitro groups is 1. The van der Waals surface area contributed by atoms with Crippen molar-refractivity contribution in [2.45, 2.75) is 4.90 Å². The average molecular weight is 260 g/mol. The van der Waals surface area contributed by atoms with E-state index in [4.69, 9.17) is 4.55 Å². The summed E-state index contributed by atoms with van der Waals surface area (Å²) in [5, 5.41) is 12.2. The Morgan fingerprint density at radius 3 is 2.65 bits per heavy atom. The van der Waals surface area contributed by atoms with Gasteiger partial charge in [0.15, 0.2) is 0 Å². The first-order valence-electron chi connectivity index (χ1n) is 4.28. The molecule has 0 spiro atoms. The molecule has 0 heterocycles. The fraction of sp³-hybridized carbons (Fsp3) is 0.125. The molecule has 92 valence electrons. The fourth-order valence-electron chi connectivity index (χ4n) is 1.05. The number of hydrogen-bond donors (Lipinski definition) is 2. The van der Waals surface area contributed by atoms with Crippen LogP contribution in [-0.4, -0.2) is 30.3 Å². The molecule has 1 aromatic carbocycles. The topological polar surface area (TPSA) is 127 Å². The normalized spacial score (nSPS) is 10.9. The zero-order valence-corrected chi connectivity index (χ0v) is 9.18. The van der Waals surface area contributed by atoms with Crippen LogP contribution in [0.3, 0.4) is 0 Å². The lowest BCUT2D eigenvalue weighted by Gasteiger charge is -2.03. The number of nitrogens with one attached hydrogen (secondary N) is 1. The van der Waals surface area contributed by atoms with Crippen LogP contribution in [0.15, 0.2) is 29.2 Å². The molecule has 0 radical (unpaired) electrons. The lowest BCUT2D eigenvalue weighted by Crippen LogP contribution is -2.21. The maximum atomic E-state index is 11.0. The highest BCUT2D eigenvalue weighted by Gasteiger charge is 2.13. The minimum atomic E-state index is -4.37. The van der Waals surface area contributed by atoms with Crippen molar-refractivity contribution >= 4 is 21.7 Å². The van der Waals surface area contributed by atoms with E-state index in [1.54, 1.807) is 0 Å². The van der Waals surface area contributed by atoms with Crippen LogP contribution in [0.4, 0.5) is 5.69 Å². The van der Waals surface area contributed by atoms with E-state index in [1.807, 2.05) is 0 Å². The van der Waals surface area contributed by atoms with Gasteiger partial charge in [-0.1, -0.05) is 6.07 Å². The van der Waals surface area contributed by atoms with Gasteiger partial charge in [-0.05, 0) is 18.2 Å². The molecular weight excluding hydrogens is 252 g/mol. The van der Waals surface area contributed by atoms with Crippen LogP contribution >= 0.6 is 0 Å². The second kappa shape index (κ2) is 4.89. The third-order valence-corrected chi connectivity index (χ3v) is 2.54. The number of rotatable bonds is 4. The van der Waals surface area contributed by atoms with Crippen molar-refractivity contribution in [3.05, 3.63) is 34.4 Å². The van der Waals surface area contributed by atoms with E-state index >= 15 is 0 Å². The Labute approximate surface area is 96.2 Å². The molecule has 1 amide bonds. The van der Waals surface area contributed by atoms with Gasteiger partial charge in [0.25, 0.3) is 22.6 Å². The van der Waals surface area contributed by atoms with Crippen molar-refractivity contribution in [1.82, 2.24) is 0 Å². The standard InChI is InChI=1S/C8H8N2O6S/c11-8(5-10(12)13)9-6-2-1-3-7(4-6)17(14,15)16/h1-4H,5H2,(H,9,11)(H,14,15,16). The maximum Gasteiger partial charge on any atom is 0.296 e. The molecule has 0 saturated heterocycles. The monoisotopic (exact) mass is 260 g/mol. The summed E-state index contributed by atoms with van der Waals surface area (Å²) in [7, 11) is -4.37. The molecule has 0 fully saturated rings. The Hall–Kier alpha value is -2.00. The van der Waals surface area contributed by atoms with Gasteiger partial charge in [0.1, 0.15) is 0 Å². The van der Waals surface area contributed by atoms with E-state index in [-0.39, 0.29) is 5.69 Å². The lowest BCUT2D eigenvalue weighted by molar-refractivity contribution is -0.467. The third kappa shape index (κ3) is 4.17. The summed E-state index contributed by atoms with van der Waals surface area (Å²) in [5.74, 6) is -0.887. The molecule has 1 aromatic rings. The van der Waals surface area contributed by atoms with Crippen molar-refractivity contribution < 1.29 is 22.7 Å². The van der Waals surface area contributed by atoms with Gasteiger partial charge in [0.05, 0.1) is 4.90 Å². The van der Waals surface area contributed by atoms with Crippen LogP contribution in [0, 0.1) is 10.1 Å². The molecule has 0 aliphatic heterocycles. The number of anilines is 1. The molecule has 0 atom stereocenters. The van der Waals surface area contributed by atoms with Crippen molar-refractivity contribution in [1.29, 1.82) is 0 Å². The van der Waals surface area contributed by atoms with Crippen LogP contribution in [0.1, 0.15) is 0 Å². The summed E-state index contributed by atoms with van der Waals surface area (Å²) in [5.41, 5.74) is 0.0481. The molecular formula is C8H8N2O6S. The SMILES string of the molecule is O=C(C[N+](=O)[O-])Nc1cccc(S(=O)(=O)O)c1. The third-order valence-electron chi connectivity index (χ3n) is 1.69. The summed E-state index contributed by atoms with van der Waals surface area (Å²) in [6, 6.07) is 4.74. The molecule has 0 unspecified atom stereocenters. The van der Waals surface area contributed by atoms with E-state index in [2.05, 4.69) is 5.32 Å². The fourth-order valence-corrected chi connectivity index (χ4v) is 1.58. The first kappa shape index (κ1) is 13.1.